The van der Waals surface area contributed by atoms with Crippen LogP contribution >= 0.6 is 11.8 Å². The van der Waals surface area contributed by atoms with E-state index in [9.17, 15) is 13.2 Å². The van der Waals surface area contributed by atoms with Crippen molar-refractivity contribution in [2.24, 2.45) is 4.99 Å². The topological polar surface area (TPSA) is 99.9 Å². The Morgan fingerprint density at radius 2 is 1.56 bits per heavy atom. The van der Waals surface area contributed by atoms with Crippen LogP contribution in [-0.4, -0.2) is 30.2 Å². The molecule has 2 heterocycles. The Kier molecular flexibility index (Phi) is 5.64. The molecule has 5 rings (SSSR count). The lowest BCUT2D eigenvalue weighted by Gasteiger charge is -2.26. The van der Waals surface area contributed by atoms with Gasteiger partial charge in [-0.1, -0.05) is 72.4 Å². The highest BCUT2D eigenvalue weighted by atomic mass is 32.2. The standard InChI is InChI=1S/C25H17N3O4S2/c26-23-21(24(29)27-25-28(23)22(16-33-25)18-7-3-1-4-8-18)15-17-11-13-19(14-12-17)32-34(30,31)20-9-5-2-6-10-20/h1-16,26H. The van der Waals surface area contributed by atoms with E-state index >= 15 is 0 Å². The van der Waals surface area contributed by atoms with E-state index < -0.39 is 16.0 Å². The molecule has 3 aromatic carbocycles. The van der Waals surface area contributed by atoms with Crippen LogP contribution in [0.2, 0.25) is 0 Å². The summed E-state index contributed by atoms with van der Waals surface area (Å²) in [7, 11) is -3.95. The van der Waals surface area contributed by atoms with Gasteiger partial charge in [-0.3, -0.25) is 15.1 Å². The van der Waals surface area contributed by atoms with Crippen molar-refractivity contribution in [2.75, 3.05) is 0 Å². The third kappa shape index (κ3) is 4.18. The molecule has 0 saturated heterocycles. The number of nitrogens with one attached hydrogen (secondary N) is 1. The van der Waals surface area contributed by atoms with Gasteiger partial charge in [0, 0.05) is 5.41 Å². The van der Waals surface area contributed by atoms with Crippen LogP contribution < -0.4 is 4.18 Å². The van der Waals surface area contributed by atoms with Gasteiger partial charge in [-0.2, -0.15) is 13.4 Å². The fourth-order valence-corrected chi connectivity index (χ4v) is 5.30. The van der Waals surface area contributed by atoms with E-state index in [1.54, 1.807) is 41.3 Å². The fourth-order valence-electron chi connectivity index (χ4n) is 3.46. The minimum absolute atomic E-state index is 0.0297. The molecular formula is C25H17N3O4S2. The molecule has 0 fully saturated rings. The molecule has 0 unspecified atom stereocenters. The summed E-state index contributed by atoms with van der Waals surface area (Å²) in [6.07, 6.45) is 1.56. The Morgan fingerprint density at radius 1 is 0.912 bits per heavy atom. The van der Waals surface area contributed by atoms with E-state index in [1.165, 1.54) is 36.0 Å². The summed E-state index contributed by atoms with van der Waals surface area (Å²) in [6.45, 7) is 0. The lowest BCUT2D eigenvalue weighted by molar-refractivity contribution is -0.114. The van der Waals surface area contributed by atoms with E-state index in [-0.39, 0.29) is 22.1 Å². The molecule has 0 spiro atoms. The van der Waals surface area contributed by atoms with E-state index in [0.29, 0.717) is 10.7 Å². The zero-order valence-electron chi connectivity index (χ0n) is 17.6. The van der Waals surface area contributed by atoms with Crippen molar-refractivity contribution >= 4 is 50.6 Å². The maximum absolute atomic E-state index is 12.6. The Balaban J connectivity index is 1.39. The van der Waals surface area contributed by atoms with Crippen molar-refractivity contribution in [3.05, 3.63) is 107 Å². The van der Waals surface area contributed by atoms with Crippen molar-refractivity contribution in [2.45, 2.75) is 4.90 Å². The smallest absolute Gasteiger partial charge is 0.339 e. The van der Waals surface area contributed by atoms with Crippen LogP contribution in [0.25, 0.3) is 11.8 Å². The second kappa shape index (κ2) is 8.77. The van der Waals surface area contributed by atoms with Crippen molar-refractivity contribution < 1.29 is 17.4 Å². The first-order chi connectivity index (χ1) is 16.4. The minimum Gasteiger partial charge on any atom is -0.379 e. The van der Waals surface area contributed by atoms with Gasteiger partial charge in [0.1, 0.15) is 16.5 Å². The summed E-state index contributed by atoms with van der Waals surface area (Å²) in [4.78, 5) is 18.5. The molecule has 2 aliphatic rings. The number of fused-ring (bicyclic) bond motifs is 1. The molecule has 0 aliphatic carbocycles. The molecule has 9 heteroatoms. The Hall–Kier alpha value is -3.95. The molecule has 0 radical (unpaired) electrons. The van der Waals surface area contributed by atoms with E-state index in [4.69, 9.17) is 9.59 Å². The molecular weight excluding hydrogens is 470 g/mol. The summed E-state index contributed by atoms with van der Waals surface area (Å²) in [5, 5.41) is 11.0. The first-order valence-corrected chi connectivity index (χ1v) is 12.5. The normalized spacial score (nSPS) is 16.8. The number of nitrogens with zero attached hydrogens (tertiary/aromatic N) is 2. The predicted molar refractivity (Wildman–Crippen MR) is 133 cm³/mol. The van der Waals surface area contributed by atoms with Crippen LogP contribution in [0.15, 0.2) is 106 Å². The number of hydrogen-bond donors (Lipinski definition) is 1. The molecule has 34 heavy (non-hydrogen) atoms. The molecule has 0 atom stereocenters. The quantitative estimate of drug-likeness (QED) is 0.412. The fraction of sp³-hybridized carbons (Fsp3) is 0. The van der Waals surface area contributed by atoms with Crippen LogP contribution in [0.1, 0.15) is 11.1 Å². The van der Waals surface area contributed by atoms with Crippen molar-refractivity contribution in [1.82, 2.24) is 4.90 Å². The van der Waals surface area contributed by atoms with E-state index in [1.807, 2.05) is 35.7 Å². The Labute approximate surface area is 200 Å². The molecule has 7 nitrogen and oxygen atoms in total. The van der Waals surface area contributed by atoms with Gasteiger partial charge in [0.2, 0.25) is 0 Å². The summed E-state index contributed by atoms with van der Waals surface area (Å²) in [6, 6.07) is 23.7. The molecule has 0 saturated carbocycles. The molecule has 0 bridgehead atoms. The molecule has 2 aliphatic heterocycles. The average molecular weight is 488 g/mol. The number of benzene rings is 3. The molecule has 1 N–H and O–H groups in total. The highest BCUT2D eigenvalue weighted by Crippen LogP contribution is 2.37. The van der Waals surface area contributed by atoms with Gasteiger partial charge in [0.05, 0.1) is 11.3 Å². The number of aliphatic imine (C=N–C) groups is 1. The third-order valence-electron chi connectivity index (χ3n) is 5.11. The first-order valence-electron chi connectivity index (χ1n) is 10.2. The monoisotopic (exact) mass is 487 g/mol. The number of carbonyl (C=O) groups excluding carboxylic acids is 1. The molecule has 168 valence electrons. The average Bonchev–Trinajstić information content (AvgIpc) is 3.27. The second-order valence-electron chi connectivity index (χ2n) is 7.35. The second-order valence-corrected chi connectivity index (χ2v) is 9.73. The maximum atomic E-state index is 12.6. The number of hydrogen-bond acceptors (Lipinski definition) is 6. The van der Waals surface area contributed by atoms with Gasteiger partial charge in [-0.15, -0.1) is 0 Å². The van der Waals surface area contributed by atoms with E-state index in [2.05, 4.69) is 4.99 Å². The summed E-state index contributed by atoms with van der Waals surface area (Å²) in [5.74, 6) is -0.331. The van der Waals surface area contributed by atoms with Crippen LogP contribution in [0.5, 0.6) is 5.75 Å². The predicted octanol–water partition coefficient (Wildman–Crippen LogP) is 4.76. The number of thioether (sulfide) groups is 1. The molecule has 3 aromatic rings. The lowest BCUT2D eigenvalue weighted by Crippen LogP contribution is -2.38. The van der Waals surface area contributed by atoms with Gasteiger partial charge >= 0.3 is 10.1 Å². The van der Waals surface area contributed by atoms with Gasteiger partial charge < -0.3 is 4.18 Å². The number of carbonyl (C=O) groups is 1. The van der Waals surface area contributed by atoms with Crippen molar-refractivity contribution in [1.29, 1.82) is 5.41 Å². The van der Waals surface area contributed by atoms with Crippen LogP contribution in [0.4, 0.5) is 0 Å². The Morgan fingerprint density at radius 3 is 2.24 bits per heavy atom. The zero-order chi connectivity index (χ0) is 23.7. The lowest BCUT2D eigenvalue weighted by atomic mass is 10.1. The van der Waals surface area contributed by atoms with Crippen molar-refractivity contribution in [3.63, 3.8) is 0 Å². The molecule has 0 aromatic heterocycles. The molecule has 1 amide bonds. The largest absolute Gasteiger partial charge is 0.379 e. The van der Waals surface area contributed by atoms with Gasteiger partial charge in [-0.05, 0) is 41.5 Å². The summed E-state index contributed by atoms with van der Waals surface area (Å²) < 4.78 is 30.0. The highest BCUT2D eigenvalue weighted by molar-refractivity contribution is 8.17. The number of rotatable bonds is 5. The third-order valence-corrected chi connectivity index (χ3v) is 7.20. The highest BCUT2D eigenvalue weighted by Gasteiger charge is 2.36. The number of amidine groups is 2. The van der Waals surface area contributed by atoms with Crippen LogP contribution in [-0.2, 0) is 14.9 Å². The maximum Gasteiger partial charge on any atom is 0.339 e. The number of amides is 1. The zero-order valence-corrected chi connectivity index (χ0v) is 19.2. The summed E-state index contributed by atoms with van der Waals surface area (Å²) >= 11 is 1.30. The van der Waals surface area contributed by atoms with Crippen molar-refractivity contribution in [3.8, 4) is 5.75 Å². The van der Waals surface area contributed by atoms with Gasteiger partial charge in [-0.25, -0.2) is 0 Å². The SMILES string of the molecule is N=C1C(=Cc2ccc(OS(=O)(=O)c3ccccc3)cc2)C(=O)N=C2SC=C(c3ccccc3)N12. The Bertz CT molecular complexity index is 1480. The van der Waals surface area contributed by atoms with Gasteiger partial charge in [0.15, 0.2) is 5.17 Å². The first kappa shape index (κ1) is 21.9. The van der Waals surface area contributed by atoms with Crippen LogP contribution in [0, 0.1) is 5.41 Å². The minimum atomic E-state index is -3.95. The van der Waals surface area contributed by atoms with Crippen LogP contribution in [0.3, 0.4) is 0 Å². The van der Waals surface area contributed by atoms with Gasteiger partial charge in [0.25, 0.3) is 5.91 Å². The summed E-state index contributed by atoms with van der Waals surface area (Å²) in [5.41, 5.74) is 2.44. The van der Waals surface area contributed by atoms with E-state index in [0.717, 1.165) is 11.3 Å².